The molecule has 0 aliphatic carbocycles. The van der Waals surface area contributed by atoms with Crippen LogP contribution in [0.5, 0.6) is 0 Å². The fraction of sp³-hybridized carbons (Fsp3) is 0.667. The Morgan fingerprint density at radius 2 is 2.15 bits per heavy atom. The molecule has 0 atom stereocenters. The molecular weight excluding hydrogens is 248 g/mol. The molecular formula is C9H15BrN2S. The van der Waals surface area contributed by atoms with E-state index in [0.717, 1.165) is 13.1 Å². The topological polar surface area (TPSA) is 15.6 Å². The molecule has 0 N–H and O–H groups in total. The largest absolute Gasteiger partial charge is 0.322 e. The van der Waals surface area contributed by atoms with Gasteiger partial charge in [0.2, 0.25) is 0 Å². The van der Waals surface area contributed by atoms with Gasteiger partial charge in [0.15, 0.2) is 5.17 Å². The zero-order chi connectivity index (χ0) is 8.77. The van der Waals surface area contributed by atoms with E-state index in [0.29, 0.717) is 0 Å². The van der Waals surface area contributed by atoms with Crippen molar-refractivity contribution in [2.24, 2.45) is 10.4 Å². The summed E-state index contributed by atoms with van der Waals surface area (Å²) in [6.07, 6.45) is 0. The number of hydrogen-bond donors (Lipinski definition) is 0. The van der Waals surface area contributed by atoms with Gasteiger partial charge < -0.3 is 4.90 Å². The zero-order valence-electron chi connectivity index (χ0n) is 8.20. The van der Waals surface area contributed by atoms with E-state index in [9.17, 15) is 0 Å². The summed E-state index contributed by atoms with van der Waals surface area (Å²) < 4.78 is 0. The number of halogens is 1. The molecule has 2 nitrogen and oxygen atoms in total. The van der Waals surface area contributed by atoms with Crippen LogP contribution in [-0.2, 0) is 0 Å². The van der Waals surface area contributed by atoms with Crippen molar-refractivity contribution in [3.63, 3.8) is 0 Å². The van der Waals surface area contributed by atoms with Crippen molar-refractivity contribution in [3.8, 4) is 0 Å². The van der Waals surface area contributed by atoms with E-state index >= 15 is 0 Å². The summed E-state index contributed by atoms with van der Waals surface area (Å²) in [6.45, 7) is 8.79. The van der Waals surface area contributed by atoms with Crippen LogP contribution in [-0.4, -0.2) is 23.2 Å². The normalized spacial score (nSPS) is 20.7. The Morgan fingerprint density at radius 3 is 2.77 bits per heavy atom. The molecule has 4 heteroatoms. The number of nitrogens with zero attached hydrogens (tertiary/aromatic N) is 2. The Hall–Kier alpha value is 0.0400. The zero-order valence-corrected chi connectivity index (χ0v) is 10.7. The minimum Gasteiger partial charge on any atom is -0.322 e. The highest BCUT2D eigenvalue weighted by atomic mass is 79.9. The Bertz CT molecular complexity index is 265. The van der Waals surface area contributed by atoms with Crippen molar-refractivity contribution in [2.45, 2.75) is 20.8 Å². The number of amidine groups is 1. The summed E-state index contributed by atoms with van der Waals surface area (Å²) in [5, 5.41) is 3.43. The second-order valence-corrected chi connectivity index (χ2v) is 5.02. The fourth-order valence-electron chi connectivity index (χ4n) is 1.50. The Balaban J connectivity index is 0.000000845. The minimum absolute atomic E-state index is 0. The van der Waals surface area contributed by atoms with E-state index in [1.165, 1.54) is 10.9 Å². The molecule has 13 heavy (non-hydrogen) atoms. The maximum Gasteiger partial charge on any atom is 0.167 e. The predicted molar refractivity (Wildman–Crippen MR) is 64.5 cm³/mol. The lowest BCUT2D eigenvalue weighted by Gasteiger charge is -2.27. The quantitative estimate of drug-likeness (QED) is 0.667. The van der Waals surface area contributed by atoms with E-state index in [4.69, 9.17) is 0 Å². The summed E-state index contributed by atoms with van der Waals surface area (Å²) in [6, 6.07) is 0. The highest BCUT2D eigenvalue weighted by Crippen LogP contribution is 2.38. The van der Waals surface area contributed by atoms with Crippen LogP contribution in [0.3, 0.4) is 0 Å². The number of rotatable bonds is 0. The van der Waals surface area contributed by atoms with Crippen LogP contribution in [0.15, 0.2) is 16.1 Å². The van der Waals surface area contributed by atoms with Crippen molar-refractivity contribution < 1.29 is 0 Å². The Labute approximate surface area is 94.2 Å². The smallest absolute Gasteiger partial charge is 0.167 e. The number of hydrogen-bond acceptors (Lipinski definition) is 3. The number of fused-ring (bicyclic) bond motifs is 1. The van der Waals surface area contributed by atoms with Crippen molar-refractivity contribution >= 4 is 33.9 Å². The molecule has 0 spiro atoms. The van der Waals surface area contributed by atoms with Gasteiger partial charge in [-0.1, -0.05) is 32.5 Å². The summed E-state index contributed by atoms with van der Waals surface area (Å²) in [5.41, 5.74) is 1.68. The molecule has 0 aromatic heterocycles. The van der Waals surface area contributed by atoms with Gasteiger partial charge in [-0.05, 0) is 5.41 Å². The first kappa shape index (κ1) is 11.1. The van der Waals surface area contributed by atoms with E-state index < -0.39 is 0 Å². The lowest BCUT2D eigenvalue weighted by molar-refractivity contribution is 0.386. The van der Waals surface area contributed by atoms with Crippen molar-refractivity contribution in [2.75, 3.05) is 13.1 Å². The average Bonchev–Trinajstić information content (AvgIpc) is 2.37. The molecule has 2 aliphatic heterocycles. The van der Waals surface area contributed by atoms with E-state index in [2.05, 4.69) is 36.1 Å². The lowest BCUT2D eigenvalue weighted by atomic mass is 9.92. The SMILES string of the molecule is Br.CC(C)(C)C1=CSC2=NCCN12. The first-order chi connectivity index (χ1) is 5.59. The standard InChI is InChI=1S/C9H14N2S.BrH/c1-9(2,3)7-6-12-8-10-4-5-11(7)8;/h6H,4-5H2,1-3H3;1H. The maximum atomic E-state index is 4.41. The third-order valence-corrected chi connectivity index (χ3v) is 3.04. The average molecular weight is 263 g/mol. The first-order valence-corrected chi connectivity index (χ1v) is 5.16. The minimum atomic E-state index is 0. The Kier molecular flexibility index (Phi) is 3.12. The van der Waals surface area contributed by atoms with Gasteiger partial charge in [-0.2, -0.15) is 0 Å². The van der Waals surface area contributed by atoms with Crippen molar-refractivity contribution in [1.29, 1.82) is 0 Å². The van der Waals surface area contributed by atoms with Crippen molar-refractivity contribution in [3.05, 3.63) is 11.1 Å². The van der Waals surface area contributed by atoms with Crippen LogP contribution < -0.4 is 0 Å². The van der Waals surface area contributed by atoms with Gasteiger partial charge in [0, 0.05) is 17.7 Å². The third-order valence-electron chi connectivity index (χ3n) is 2.14. The molecule has 74 valence electrons. The molecule has 0 saturated carbocycles. The van der Waals surface area contributed by atoms with Crippen LogP contribution in [0.25, 0.3) is 0 Å². The molecule has 0 unspecified atom stereocenters. The number of allylic oxidation sites excluding steroid dienone is 1. The summed E-state index contributed by atoms with van der Waals surface area (Å²) in [4.78, 5) is 6.75. The molecule has 0 bridgehead atoms. The van der Waals surface area contributed by atoms with Crippen LogP contribution >= 0.6 is 28.7 Å². The van der Waals surface area contributed by atoms with Crippen LogP contribution in [0, 0.1) is 5.41 Å². The molecule has 0 radical (unpaired) electrons. The van der Waals surface area contributed by atoms with E-state index in [1.54, 1.807) is 11.8 Å². The van der Waals surface area contributed by atoms with Crippen LogP contribution in [0.2, 0.25) is 0 Å². The van der Waals surface area contributed by atoms with Gasteiger partial charge in [0.25, 0.3) is 0 Å². The molecule has 2 heterocycles. The second-order valence-electron chi connectivity index (χ2n) is 4.19. The molecule has 2 rings (SSSR count). The number of thioether (sulfide) groups is 1. The number of aliphatic imine (C=N–C) groups is 1. The molecule has 0 fully saturated rings. The molecule has 0 aromatic carbocycles. The molecule has 0 amide bonds. The van der Waals surface area contributed by atoms with Gasteiger partial charge in [0.1, 0.15) is 0 Å². The Morgan fingerprint density at radius 1 is 1.46 bits per heavy atom. The molecule has 2 aliphatic rings. The third kappa shape index (κ3) is 1.94. The van der Waals surface area contributed by atoms with Gasteiger partial charge in [-0.3, -0.25) is 4.99 Å². The molecule has 0 saturated heterocycles. The molecule has 0 aromatic rings. The fourth-order valence-corrected chi connectivity index (χ4v) is 2.69. The van der Waals surface area contributed by atoms with Gasteiger partial charge in [-0.25, -0.2) is 0 Å². The summed E-state index contributed by atoms with van der Waals surface area (Å²) in [5.74, 6) is 0. The maximum absolute atomic E-state index is 4.41. The van der Waals surface area contributed by atoms with E-state index in [1.807, 2.05) is 0 Å². The van der Waals surface area contributed by atoms with E-state index in [-0.39, 0.29) is 22.4 Å². The second kappa shape index (κ2) is 3.65. The van der Waals surface area contributed by atoms with Gasteiger partial charge in [0.05, 0.1) is 6.54 Å². The summed E-state index contributed by atoms with van der Waals surface area (Å²) >= 11 is 1.76. The van der Waals surface area contributed by atoms with Gasteiger partial charge >= 0.3 is 0 Å². The first-order valence-electron chi connectivity index (χ1n) is 4.28. The van der Waals surface area contributed by atoms with Gasteiger partial charge in [-0.15, -0.1) is 17.0 Å². The lowest BCUT2D eigenvalue weighted by Crippen LogP contribution is -2.28. The van der Waals surface area contributed by atoms with Crippen molar-refractivity contribution in [1.82, 2.24) is 4.90 Å². The highest BCUT2D eigenvalue weighted by molar-refractivity contribution is 8.93. The van der Waals surface area contributed by atoms with Crippen LogP contribution in [0.1, 0.15) is 20.8 Å². The van der Waals surface area contributed by atoms with Crippen LogP contribution in [0.4, 0.5) is 0 Å². The predicted octanol–water partition coefficient (Wildman–Crippen LogP) is 2.87. The monoisotopic (exact) mass is 262 g/mol. The highest BCUT2D eigenvalue weighted by Gasteiger charge is 2.32. The summed E-state index contributed by atoms with van der Waals surface area (Å²) in [7, 11) is 0.